The summed E-state index contributed by atoms with van der Waals surface area (Å²) >= 11 is 0. The number of pyridine rings is 1. The number of nitrogens with zero attached hydrogens (tertiary/aromatic N) is 5. The first kappa shape index (κ1) is 18.7. The number of hydrogen-bond acceptors (Lipinski definition) is 6. The van der Waals surface area contributed by atoms with Gasteiger partial charge in [-0.1, -0.05) is 12.1 Å². The number of ketones is 1. The van der Waals surface area contributed by atoms with Crippen LogP contribution in [-0.2, 0) is 18.3 Å². The van der Waals surface area contributed by atoms with E-state index in [0.717, 1.165) is 41.1 Å². The summed E-state index contributed by atoms with van der Waals surface area (Å²) in [5, 5.41) is 3.25. The van der Waals surface area contributed by atoms with E-state index in [1.54, 1.807) is 25.5 Å². The first-order valence-corrected chi connectivity index (χ1v) is 9.55. The smallest absolute Gasteiger partial charge is 0.229 e. The van der Waals surface area contributed by atoms with Crippen LogP contribution in [-0.4, -0.2) is 30.3 Å². The van der Waals surface area contributed by atoms with Crippen LogP contribution in [0.25, 0.3) is 22.6 Å². The van der Waals surface area contributed by atoms with Crippen LogP contribution in [0.1, 0.15) is 25.3 Å². The molecule has 0 aliphatic rings. The number of aryl methyl sites for hydroxylation is 2. The summed E-state index contributed by atoms with van der Waals surface area (Å²) in [6.07, 6.45) is 7.62. The summed E-state index contributed by atoms with van der Waals surface area (Å²) in [7, 11) is 1.94. The van der Waals surface area contributed by atoms with E-state index in [1.165, 1.54) is 5.56 Å². The predicted molar refractivity (Wildman–Crippen MR) is 113 cm³/mol. The van der Waals surface area contributed by atoms with Crippen molar-refractivity contribution in [3.8, 4) is 11.4 Å². The quantitative estimate of drug-likeness (QED) is 0.515. The van der Waals surface area contributed by atoms with Crippen LogP contribution in [0.4, 0.5) is 11.6 Å². The van der Waals surface area contributed by atoms with Gasteiger partial charge in [-0.3, -0.25) is 4.98 Å². The molecule has 0 radical (unpaired) electrons. The Labute approximate surface area is 168 Å². The third-order valence-electron chi connectivity index (χ3n) is 4.75. The Balaban J connectivity index is 1.51. The molecule has 4 rings (SSSR count). The molecule has 0 amide bonds. The van der Waals surface area contributed by atoms with Gasteiger partial charge in [-0.25, -0.2) is 9.97 Å². The van der Waals surface area contributed by atoms with Crippen LogP contribution in [0.5, 0.6) is 0 Å². The average Bonchev–Trinajstić information content (AvgIpc) is 3.06. The lowest BCUT2D eigenvalue weighted by atomic mass is 10.1. The number of carbonyl (C=O) groups is 1. The van der Waals surface area contributed by atoms with Crippen LogP contribution < -0.4 is 5.32 Å². The molecule has 1 aromatic carbocycles. The highest BCUT2D eigenvalue weighted by atomic mass is 16.1. The highest BCUT2D eigenvalue weighted by Gasteiger charge is 2.12. The minimum atomic E-state index is 0.234. The first-order chi connectivity index (χ1) is 14.1. The number of nitrogens with one attached hydrogen (secondary N) is 1. The van der Waals surface area contributed by atoms with Crippen molar-refractivity contribution in [1.82, 2.24) is 24.5 Å². The highest BCUT2D eigenvalue weighted by Crippen LogP contribution is 2.23. The Morgan fingerprint density at radius 3 is 2.55 bits per heavy atom. The van der Waals surface area contributed by atoms with Gasteiger partial charge in [0.1, 0.15) is 17.1 Å². The standard InChI is InChI=1S/C22H22N6O/c1-15(29)4-3-5-16-6-8-18(9-7-16)25-22-24-14-19-21(27-22)28(2)20(26-19)17-10-12-23-13-11-17/h6-14H,3-5H2,1-2H3,(H,24,25,27). The van der Waals surface area contributed by atoms with Gasteiger partial charge in [0.15, 0.2) is 5.65 Å². The van der Waals surface area contributed by atoms with E-state index in [9.17, 15) is 4.79 Å². The Bertz CT molecular complexity index is 1140. The van der Waals surface area contributed by atoms with Crippen LogP contribution >= 0.6 is 0 Å². The number of rotatable bonds is 7. The highest BCUT2D eigenvalue weighted by molar-refractivity contribution is 5.77. The number of carbonyl (C=O) groups excluding carboxylic acids is 1. The molecule has 0 unspecified atom stereocenters. The molecule has 3 heterocycles. The van der Waals surface area contributed by atoms with Crippen LogP contribution in [0.15, 0.2) is 55.0 Å². The molecule has 29 heavy (non-hydrogen) atoms. The monoisotopic (exact) mass is 386 g/mol. The number of hydrogen-bond donors (Lipinski definition) is 1. The molecule has 0 spiro atoms. The number of Topliss-reactive ketones (excluding diaryl/α,β-unsaturated/α-hetero) is 1. The molecule has 7 nitrogen and oxygen atoms in total. The van der Waals surface area contributed by atoms with E-state index in [4.69, 9.17) is 0 Å². The maximum absolute atomic E-state index is 11.1. The van der Waals surface area contributed by atoms with Crippen LogP contribution in [0, 0.1) is 0 Å². The van der Waals surface area contributed by atoms with Gasteiger partial charge < -0.3 is 14.7 Å². The van der Waals surface area contributed by atoms with Crippen molar-refractivity contribution in [2.45, 2.75) is 26.2 Å². The van der Waals surface area contributed by atoms with Crippen molar-refractivity contribution in [1.29, 1.82) is 0 Å². The van der Waals surface area contributed by atoms with Gasteiger partial charge >= 0.3 is 0 Å². The summed E-state index contributed by atoms with van der Waals surface area (Å²) in [4.78, 5) is 28.8. The van der Waals surface area contributed by atoms with E-state index < -0.39 is 0 Å². The van der Waals surface area contributed by atoms with Gasteiger partial charge in [-0.05, 0) is 49.6 Å². The largest absolute Gasteiger partial charge is 0.324 e. The zero-order valence-electron chi connectivity index (χ0n) is 16.5. The molecule has 0 aliphatic carbocycles. The lowest BCUT2D eigenvalue weighted by Gasteiger charge is -2.07. The van der Waals surface area contributed by atoms with E-state index >= 15 is 0 Å². The van der Waals surface area contributed by atoms with Crippen molar-refractivity contribution in [2.24, 2.45) is 7.05 Å². The zero-order chi connectivity index (χ0) is 20.2. The molecule has 0 aliphatic heterocycles. The molecule has 146 valence electrons. The van der Waals surface area contributed by atoms with Gasteiger partial charge in [-0.2, -0.15) is 4.98 Å². The fourth-order valence-electron chi connectivity index (χ4n) is 3.23. The van der Waals surface area contributed by atoms with Gasteiger partial charge in [0.25, 0.3) is 0 Å². The summed E-state index contributed by atoms with van der Waals surface area (Å²) in [5.41, 5.74) is 4.61. The molecule has 0 bridgehead atoms. The fraction of sp³-hybridized carbons (Fsp3) is 0.227. The third kappa shape index (κ3) is 4.29. The number of anilines is 2. The summed E-state index contributed by atoms with van der Waals surface area (Å²) < 4.78 is 1.95. The molecule has 3 aromatic heterocycles. The molecule has 1 N–H and O–H groups in total. The molecule has 0 atom stereocenters. The van der Waals surface area contributed by atoms with E-state index in [0.29, 0.717) is 12.4 Å². The molecule has 0 fully saturated rings. The SMILES string of the molecule is CC(=O)CCCc1ccc(Nc2ncc3nc(-c4ccncc4)n(C)c3n2)cc1. The lowest BCUT2D eigenvalue weighted by molar-refractivity contribution is -0.117. The fourth-order valence-corrected chi connectivity index (χ4v) is 3.23. The van der Waals surface area contributed by atoms with Gasteiger partial charge in [-0.15, -0.1) is 0 Å². The van der Waals surface area contributed by atoms with Crippen molar-refractivity contribution in [3.05, 3.63) is 60.6 Å². The van der Waals surface area contributed by atoms with Crippen molar-refractivity contribution in [2.75, 3.05) is 5.32 Å². The van der Waals surface area contributed by atoms with Crippen molar-refractivity contribution in [3.63, 3.8) is 0 Å². The molecule has 0 saturated carbocycles. The number of benzene rings is 1. The Hall–Kier alpha value is -3.61. The molecular formula is C22H22N6O. The van der Waals surface area contributed by atoms with E-state index in [-0.39, 0.29) is 5.78 Å². The summed E-state index contributed by atoms with van der Waals surface area (Å²) in [6, 6.07) is 12.0. The minimum absolute atomic E-state index is 0.234. The second-order valence-corrected chi connectivity index (χ2v) is 7.01. The normalized spacial score (nSPS) is 11.0. The molecular weight excluding hydrogens is 364 g/mol. The second kappa shape index (κ2) is 8.18. The molecule has 4 aromatic rings. The number of fused-ring (bicyclic) bond motifs is 1. The van der Waals surface area contributed by atoms with Crippen molar-refractivity contribution < 1.29 is 4.79 Å². The van der Waals surface area contributed by atoms with Gasteiger partial charge in [0.2, 0.25) is 5.95 Å². The molecule has 7 heteroatoms. The summed E-state index contributed by atoms with van der Waals surface area (Å²) in [5.74, 6) is 1.58. The van der Waals surface area contributed by atoms with Crippen LogP contribution in [0.3, 0.4) is 0 Å². The first-order valence-electron chi connectivity index (χ1n) is 9.55. The predicted octanol–water partition coefficient (Wildman–Crippen LogP) is 4.08. The Kier molecular flexibility index (Phi) is 5.29. The van der Waals surface area contributed by atoms with E-state index in [1.807, 2.05) is 35.9 Å². The van der Waals surface area contributed by atoms with E-state index in [2.05, 4.69) is 37.4 Å². The lowest BCUT2D eigenvalue weighted by Crippen LogP contribution is -1.99. The maximum Gasteiger partial charge on any atom is 0.229 e. The Morgan fingerprint density at radius 1 is 1.07 bits per heavy atom. The topological polar surface area (TPSA) is 85.6 Å². The maximum atomic E-state index is 11.1. The van der Waals surface area contributed by atoms with Crippen LogP contribution in [0.2, 0.25) is 0 Å². The van der Waals surface area contributed by atoms with Gasteiger partial charge in [0, 0.05) is 37.1 Å². The number of aromatic nitrogens is 5. The zero-order valence-corrected chi connectivity index (χ0v) is 16.5. The van der Waals surface area contributed by atoms with Gasteiger partial charge in [0.05, 0.1) is 6.20 Å². The summed E-state index contributed by atoms with van der Waals surface area (Å²) in [6.45, 7) is 1.63. The minimum Gasteiger partial charge on any atom is -0.324 e. The molecule has 0 saturated heterocycles. The second-order valence-electron chi connectivity index (χ2n) is 7.01. The third-order valence-corrected chi connectivity index (χ3v) is 4.75. The Morgan fingerprint density at radius 2 is 1.83 bits per heavy atom. The van der Waals surface area contributed by atoms with Crippen molar-refractivity contribution >= 4 is 28.6 Å². The number of imidazole rings is 1. The average molecular weight is 386 g/mol.